The van der Waals surface area contributed by atoms with Gasteiger partial charge in [0.05, 0.1) is 23.8 Å². The van der Waals surface area contributed by atoms with E-state index in [4.69, 9.17) is 9.56 Å². The van der Waals surface area contributed by atoms with E-state index in [1.165, 1.54) is 5.56 Å². The van der Waals surface area contributed by atoms with Crippen LogP contribution in [0.2, 0.25) is 0 Å². The van der Waals surface area contributed by atoms with Crippen molar-refractivity contribution >= 4 is 21.0 Å². The smallest absolute Gasteiger partial charge is 0.209 e. The number of hydrogen-bond acceptors (Lipinski definition) is 6. The monoisotopic (exact) mass is 388 g/mol. The van der Waals surface area contributed by atoms with Crippen molar-refractivity contribution in [1.29, 1.82) is 5.26 Å². The third-order valence-electron chi connectivity index (χ3n) is 5.70. The quantitative estimate of drug-likeness (QED) is 0.751. The zero-order valence-corrected chi connectivity index (χ0v) is 15.9. The van der Waals surface area contributed by atoms with E-state index in [9.17, 15) is 13.7 Å². The van der Waals surface area contributed by atoms with Crippen LogP contribution in [0.25, 0.3) is 11.0 Å². The van der Waals surface area contributed by atoms with Gasteiger partial charge in [-0.2, -0.15) is 5.26 Å². The Bertz CT molecular complexity index is 978. The van der Waals surface area contributed by atoms with Crippen molar-refractivity contribution in [3.05, 3.63) is 35.6 Å². The van der Waals surface area contributed by atoms with Crippen molar-refractivity contribution in [2.45, 2.75) is 31.3 Å². The van der Waals surface area contributed by atoms with Crippen LogP contribution in [-0.4, -0.2) is 44.7 Å². The lowest BCUT2D eigenvalue weighted by atomic mass is 9.80. The fourth-order valence-electron chi connectivity index (χ4n) is 4.47. The first-order valence-electron chi connectivity index (χ1n) is 9.36. The van der Waals surface area contributed by atoms with Gasteiger partial charge in [-0.1, -0.05) is 18.2 Å². The molecule has 1 fully saturated rings. The molecule has 0 aliphatic carbocycles. The predicted octanol–water partition coefficient (Wildman–Crippen LogP) is 1.51. The standard InChI is InChI=1S/C19H24N4O3S/c20-12-15-16(22-8-3-11-27(21,24)25)7-10-23-9-6-14-13-4-1-2-5-17(13)26-19(14)18(15)23/h1-2,4-5,15-16,18,22H,3,6-11H2,(H2,21,24,25)/t15?,16-,18+/m1/s1. The van der Waals surface area contributed by atoms with Crippen LogP contribution < -0.4 is 10.5 Å². The minimum absolute atomic E-state index is 0.0101. The van der Waals surface area contributed by atoms with Crippen LogP contribution in [0.3, 0.4) is 0 Å². The van der Waals surface area contributed by atoms with Crippen molar-refractivity contribution in [3.63, 3.8) is 0 Å². The molecular formula is C19H24N4O3S. The van der Waals surface area contributed by atoms with Crippen molar-refractivity contribution in [1.82, 2.24) is 10.2 Å². The molecule has 1 saturated heterocycles. The van der Waals surface area contributed by atoms with Crippen molar-refractivity contribution in [3.8, 4) is 6.07 Å². The number of fused-ring (bicyclic) bond motifs is 5. The van der Waals surface area contributed by atoms with Crippen LogP contribution in [0.1, 0.15) is 30.2 Å². The summed E-state index contributed by atoms with van der Waals surface area (Å²) in [5.41, 5.74) is 2.10. The highest BCUT2D eigenvalue weighted by atomic mass is 32.2. The Labute approximate surface area is 159 Å². The average molecular weight is 388 g/mol. The molecule has 4 rings (SSSR count). The van der Waals surface area contributed by atoms with E-state index in [2.05, 4.69) is 22.4 Å². The molecule has 144 valence electrons. The van der Waals surface area contributed by atoms with Gasteiger partial charge in [0.1, 0.15) is 11.3 Å². The van der Waals surface area contributed by atoms with Gasteiger partial charge in [0.25, 0.3) is 0 Å². The van der Waals surface area contributed by atoms with Gasteiger partial charge >= 0.3 is 0 Å². The summed E-state index contributed by atoms with van der Waals surface area (Å²) in [5, 5.41) is 19.5. The third-order valence-corrected chi connectivity index (χ3v) is 6.56. The molecule has 3 N–H and O–H groups in total. The number of nitrogens with zero attached hydrogens (tertiary/aromatic N) is 2. The number of nitrogens with one attached hydrogen (secondary N) is 1. The second-order valence-electron chi connectivity index (χ2n) is 7.40. The van der Waals surface area contributed by atoms with Crippen LogP contribution in [0, 0.1) is 17.2 Å². The molecule has 8 heteroatoms. The Balaban J connectivity index is 1.56. The van der Waals surface area contributed by atoms with Gasteiger partial charge in [0, 0.05) is 30.1 Å². The Kier molecular flexibility index (Phi) is 4.95. The van der Waals surface area contributed by atoms with Gasteiger partial charge in [0.2, 0.25) is 10.0 Å². The van der Waals surface area contributed by atoms with Gasteiger partial charge in [-0.05, 0) is 31.9 Å². The fraction of sp³-hybridized carbons (Fsp3) is 0.526. The van der Waals surface area contributed by atoms with Crippen LogP contribution in [0.5, 0.6) is 0 Å². The van der Waals surface area contributed by atoms with E-state index >= 15 is 0 Å². The molecule has 2 aliphatic rings. The first-order valence-corrected chi connectivity index (χ1v) is 11.1. The number of nitrogens with two attached hydrogens (primary N) is 1. The number of sulfonamides is 1. The number of benzene rings is 1. The van der Waals surface area contributed by atoms with Crippen molar-refractivity contribution in [2.75, 3.05) is 25.4 Å². The van der Waals surface area contributed by atoms with Gasteiger partial charge in [-0.15, -0.1) is 0 Å². The lowest BCUT2D eigenvalue weighted by Crippen LogP contribution is -2.52. The highest BCUT2D eigenvalue weighted by Gasteiger charge is 2.44. The molecule has 1 aromatic heterocycles. The zero-order chi connectivity index (χ0) is 19.0. The summed E-state index contributed by atoms with van der Waals surface area (Å²) in [5.74, 6) is 0.630. The van der Waals surface area contributed by atoms with E-state index in [1.807, 2.05) is 18.2 Å². The van der Waals surface area contributed by atoms with Gasteiger partial charge in [-0.25, -0.2) is 13.6 Å². The number of piperidine rings is 1. The topological polar surface area (TPSA) is 112 Å². The Hall–Kier alpha value is -1.92. The number of primary sulfonamides is 1. The first kappa shape index (κ1) is 18.4. The zero-order valence-electron chi connectivity index (χ0n) is 15.1. The van der Waals surface area contributed by atoms with Gasteiger partial charge in [-0.3, -0.25) is 4.90 Å². The third kappa shape index (κ3) is 3.60. The average Bonchev–Trinajstić information content (AvgIpc) is 3.03. The Morgan fingerprint density at radius 2 is 2.15 bits per heavy atom. The van der Waals surface area contributed by atoms with Crippen LogP contribution in [0.4, 0.5) is 0 Å². The van der Waals surface area contributed by atoms with Gasteiger partial charge in [0.15, 0.2) is 0 Å². The lowest BCUT2D eigenvalue weighted by Gasteiger charge is -2.44. The maximum atomic E-state index is 11.1. The molecule has 27 heavy (non-hydrogen) atoms. The van der Waals surface area contributed by atoms with Crippen LogP contribution >= 0.6 is 0 Å². The number of nitriles is 1. The Morgan fingerprint density at radius 1 is 1.33 bits per heavy atom. The van der Waals surface area contributed by atoms with E-state index in [0.717, 1.165) is 42.7 Å². The molecule has 0 spiro atoms. The molecule has 1 aromatic carbocycles. The molecule has 2 aromatic rings. The van der Waals surface area contributed by atoms with Crippen LogP contribution in [-0.2, 0) is 16.4 Å². The lowest BCUT2D eigenvalue weighted by molar-refractivity contribution is 0.0670. The minimum Gasteiger partial charge on any atom is -0.459 e. The highest BCUT2D eigenvalue weighted by Crippen LogP contribution is 2.44. The van der Waals surface area contributed by atoms with Gasteiger partial charge < -0.3 is 9.73 Å². The molecule has 0 radical (unpaired) electrons. The number of furan rings is 1. The molecule has 7 nitrogen and oxygen atoms in total. The number of rotatable bonds is 5. The fourth-order valence-corrected chi connectivity index (χ4v) is 5.02. The first-order chi connectivity index (χ1) is 13.0. The van der Waals surface area contributed by atoms with E-state index in [0.29, 0.717) is 13.0 Å². The summed E-state index contributed by atoms with van der Waals surface area (Å²) in [6.07, 6.45) is 2.24. The normalized spacial score (nSPS) is 25.7. The number of hydrogen-bond donors (Lipinski definition) is 2. The number of para-hydroxylation sites is 1. The molecule has 3 heterocycles. The SMILES string of the molecule is N#CC1[C@H]2c3oc4ccccc4c3CCN2CC[C@H]1NCCCS(N)(=O)=O. The molecule has 0 saturated carbocycles. The summed E-state index contributed by atoms with van der Waals surface area (Å²) >= 11 is 0. The molecule has 0 bridgehead atoms. The molecule has 0 amide bonds. The predicted molar refractivity (Wildman–Crippen MR) is 102 cm³/mol. The minimum atomic E-state index is -3.45. The molecule has 1 unspecified atom stereocenters. The summed E-state index contributed by atoms with van der Waals surface area (Å²) in [4.78, 5) is 2.35. The summed E-state index contributed by atoms with van der Waals surface area (Å²) in [6, 6.07) is 10.5. The summed E-state index contributed by atoms with van der Waals surface area (Å²) in [6.45, 7) is 2.35. The maximum Gasteiger partial charge on any atom is 0.209 e. The van der Waals surface area contributed by atoms with Crippen molar-refractivity contribution < 1.29 is 12.8 Å². The van der Waals surface area contributed by atoms with Crippen LogP contribution in [0.15, 0.2) is 28.7 Å². The molecule has 3 atom stereocenters. The second kappa shape index (κ2) is 7.24. The van der Waals surface area contributed by atoms with Crippen molar-refractivity contribution in [2.24, 2.45) is 11.1 Å². The molecular weight excluding hydrogens is 364 g/mol. The largest absolute Gasteiger partial charge is 0.459 e. The summed E-state index contributed by atoms with van der Waals surface area (Å²) in [7, 11) is -3.45. The Morgan fingerprint density at radius 3 is 2.93 bits per heavy atom. The second-order valence-corrected chi connectivity index (χ2v) is 9.13. The van der Waals surface area contributed by atoms with E-state index in [-0.39, 0.29) is 23.8 Å². The maximum absolute atomic E-state index is 11.1. The van der Waals surface area contributed by atoms with E-state index in [1.54, 1.807) is 0 Å². The molecule has 2 aliphatic heterocycles. The highest BCUT2D eigenvalue weighted by molar-refractivity contribution is 7.89. The van der Waals surface area contributed by atoms with E-state index < -0.39 is 10.0 Å². The summed E-state index contributed by atoms with van der Waals surface area (Å²) < 4.78 is 28.4.